The molecule has 1 fully saturated rings. The van der Waals surface area contributed by atoms with Crippen molar-refractivity contribution in [3.8, 4) is 0 Å². The van der Waals surface area contributed by atoms with Gasteiger partial charge in [0, 0.05) is 0 Å². The smallest absolute Gasteiger partial charge is 0.252 e. The quantitative estimate of drug-likeness (QED) is 0.739. The van der Waals surface area contributed by atoms with E-state index in [0.29, 0.717) is 0 Å². The zero-order chi connectivity index (χ0) is 11.9. The van der Waals surface area contributed by atoms with Crippen molar-refractivity contribution in [3.63, 3.8) is 0 Å². The van der Waals surface area contributed by atoms with Gasteiger partial charge in [0.25, 0.3) is 5.91 Å². The molecule has 0 atom stereocenters. The fraction of sp³-hybridized carbons (Fsp3) is 0.600. The Morgan fingerprint density at radius 2 is 2.29 bits per heavy atom. The highest BCUT2D eigenvalue weighted by molar-refractivity contribution is 5.89. The van der Waals surface area contributed by atoms with Gasteiger partial charge in [-0.2, -0.15) is 5.10 Å². The van der Waals surface area contributed by atoms with Crippen molar-refractivity contribution in [1.29, 1.82) is 0 Å². The van der Waals surface area contributed by atoms with Gasteiger partial charge in [-0.15, -0.1) is 5.10 Å². The Balaban J connectivity index is 1.70. The maximum Gasteiger partial charge on any atom is 0.252 e. The Kier molecular flexibility index (Phi) is 4.34. The largest absolute Gasteiger partial charge is 0.368 e. The molecule has 0 saturated carbocycles. The van der Waals surface area contributed by atoms with Crippen molar-refractivity contribution >= 4 is 11.9 Å². The molecule has 2 rings (SSSR count). The number of carbonyl (C=O) groups excluding carboxylic acids is 1. The van der Waals surface area contributed by atoms with Gasteiger partial charge in [-0.3, -0.25) is 10.1 Å². The van der Waals surface area contributed by atoms with Crippen LogP contribution in [0.2, 0.25) is 0 Å². The van der Waals surface area contributed by atoms with Gasteiger partial charge < -0.3 is 10.1 Å². The minimum atomic E-state index is -0.253. The maximum atomic E-state index is 11.5. The average Bonchev–Trinajstić information content (AvgIpc) is 2.39. The number of amides is 1. The molecular weight excluding hydrogens is 222 g/mol. The number of hydrogen-bond acceptors (Lipinski definition) is 6. The van der Waals surface area contributed by atoms with Crippen LogP contribution in [0.1, 0.15) is 12.8 Å². The third kappa shape index (κ3) is 4.04. The van der Waals surface area contributed by atoms with Crippen LogP contribution < -0.4 is 10.6 Å². The van der Waals surface area contributed by atoms with Crippen molar-refractivity contribution in [2.24, 2.45) is 0 Å². The van der Waals surface area contributed by atoms with Gasteiger partial charge in [0.05, 0.1) is 18.5 Å². The molecule has 1 aromatic heterocycles. The first-order valence-electron chi connectivity index (χ1n) is 5.60. The number of nitrogens with zero attached hydrogens (tertiary/aromatic N) is 3. The molecule has 92 valence electrons. The maximum absolute atomic E-state index is 11.5. The lowest BCUT2D eigenvalue weighted by atomic mass is 10.1. The van der Waals surface area contributed by atoms with Crippen LogP contribution in [0.25, 0.3) is 0 Å². The second-order valence-electron chi connectivity index (χ2n) is 3.77. The summed E-state index contributed by atoms with van der Waals surface area (Å²) in [5.41, 5.74) is 0. The first-order valence-corrected chi connectivity index (χ1v) is 5.60. The molecule has 1 aromatic rings. The number of rotatable bonds is 4. The summed E-state index contributed by atoms with van der Waals surface area (Å²) in [6.07, 6.45) is 4.96. The fourth-order valence-corrected chi connectivity index (χ4v) is 1.62. The van der Waals surface area contributed by atoms with Crippen LogP contribution in [-0.4, -0.2) is 46.9 Å². The molecule has 0 radical (unpaired) electrons. The van der Waals surface area contributed by atoms with Crippen LogP contribution in [0.5, 0.6) is 0 Å². The van der Waals surface area contributed by atoms with Crippen molar-refractivity contribution in [1.82, 2.24) is 20.5 Å². The third-order valence-corrected chi connectivity index (χ3v) is 2.47. The van der Waals surface area contributed by atoms with Crippen molar-refractivity contribution < 1.29 is 9.53 Å². The summed E-state index contributed by atoms with van der Waals surface area (Å²) < 4.78 is 5.49. The van der Waals surface area contributed by atoms with E-state index in [9.17, 15) is 4.79 Å². The zero-order valence-corrected chi connectivity index (χ0v) is 9.43. The topological polar surface area (TPSA) is 89.0 Å². The Bertz CT molecular complexity index is 353. The van der Waals surface area contributed by atoms with Gasteiger partial charge in [-0.05, 0) is 25.9 Å². The predicted molar refractivity (Wildman–Crippen MR) is 60.3 cm³/mol. The van der Waals surface area contributed by atoms with Gasteiger partial charge >= 0.3 is 0 Å². The van der Waals surface area contributed by atoms with Crippen molar-refractivity contribution in [3.05, 3.63) is 12.4 Å². The molecule has 1 aliphatic rings. The summed E-state index contributed by atoms with van der Waals surface area (Å²) in [5, 5.41) is 13.0. The summed E-state index contributed by atoms with van der Waals surface area (Å²) in [4.78, 5) is 15.3. The van der Waals surface area contributed by atoms with E-state index >= 15 is 0 Å². The Hall–Kier alpha value is -1.60. The number of hydrogen-bond donors (Lipinski definition) is 2. The molecule has 0 unspecified atom stereocenters. The molecule has 1 amide bonds. The van der Waals surface area contributed by atoms with E-state index in [1.807, 2.05) is 0 Å². The standard InChI is InChI=1S/C10H15N5O2/c16-9(14-10-12-5-6-13-15-10)7-17-8-1-3-11-4-2-8/h5-6,8,11H,1-4,7H2,(H,12,14,15,16). The number of piperidine rings is 1. The Morgan fingerprint density at radius 3 is 3.00 bits per heavy atom. The summed E-state index contributed by atoms with van der Waals surface area (Å²) in [5.74, 6) is -0.0528. The Morgan fingerprint density at radius 1 is 1.47 bits per heavy atom. The third-order valence-electron chi connectivity index (χ3n) is 2.47. The highest BCUT2D eigenvalue weighted by Crippen LogP contribution is 2.06. The highest BCUT2D eigenvalue weighted by Gasteiger charge is 2.15. The van der Waals surface area contributed by atoms with Crippen LogP contribution in [0, 0.1) is 0 Å². The molecule has 0 spiro atoms. The molecule has 1 saturated heterocycles. The minimum Gasteiger partial charge on any atom is -0.368 e. The first kappa shape index (κ1) is 11.9. The molecular formula is C10H15N5O2. The van der Waals surface area contributed by atoms with Crippen LogP contribution in [-0.2, 0) is 9.53 Å². The minimum absolute atomic E-state index is 0.0307. The van der Waals surface area contributed by atoms with Crippen LogP contribution in [0.15, 0.2) is 12.4 Å². The molecule has 0 aliphatic carbocycles. The first-order chi connectivity index (χ1) is 8.34. The molecule has 0 aromatic carbocycles. The predicted octanol–water partition coefficient (Wildman–Crippen LogP) is -0.421. The number of carbonyl (C=O) groups is 1. The highest BCUT2D eigenvalue weighted by atomic mass is 16.5. The molecule has 17 heavy (non-hydrogen) atoms. The zero-order valence-electron chi connectivity index (χ0n) is 9.43. The van der Waals surface area contributed by atoms with E-state index in [4.69, 9.17) is 4.74 Å². The number of nitrogens with one attached hydrogen (secondary N) is 2. The molecule has 7 nitrogen and oxygen atoms in total. The van der Waals surface area contributed by atoms with Crippen molar-refractivity contribution in [2.45, 2.75) is 18.9 Å². The van der Waals surface area contributed by atoms with Gasteiger partial charge in [0.2, 0.25) is 5.95 Å². The van der Waals surface area contributed by atoms with E-state index in [2.05, 4.69) is 25.8 Å². The second kappa shape index (κ2) is 6.21. The molecule has 1 aliphatic heterocycles. The lowest BCUT2D eigenvalue weighted by Crippen LogP contribution is -2.34. The van der Waals surface area contributed by atoms with Gasteiger partial charge in [0.1, 0.15) is 6.61 Å². The molecule has 2 heterocycles. The van der Waals surface area contributed by atoms with Crippen LogP contribution >= 0.6 is 0 Å². The molecule has 7 heteroatoms. The van der Waals surface area contributed by atoms with E-state index < -0.39 is 0 Å². The summed E-state index contributed by atoms with van der Waals surface area (Å²) in [6, 6.07) is 0. The molecule has 0 bridgehead atoms. The number of aromatic nitrogens is 3. The van der Waals surface area contributed by atoms with Crippen LogP contribution in [0.3, 0.4) is 0 Å². The monoisotopic (exact) mass is 237 g/mol. The second-order valence-corrected chi connectivity index (χ2v) is 3.77. The van der Waals surface area contributed by atoms with E-state index in [-0.39, 0.29) is 24.6 Å². The van der Waals surface area contributed by atoms with Gasteiger partial charge in [-0.25, -0.2) is 4.98 Å². The normalized spacial score (nSPS) is 16.7. The summed E-state index contributed by atoms with van der Waals surface area (Å²) in [7, 11) is 0. The van der Waals surface area contributed by atoms with E-state index in [0.717, 1.165) is 25.9 Å². The number of anilines is 1. The van der Waals surface area contributed by atoms with Crippen LogP contribution in [0.4, 0.5) is 5.95 Å². The van der Waals surface area contributed by atoms with E-state index in [1.165, 1.54) is 12.4 Å². The molecule has 2 N–H and O–H groups in total. The Labute approximate surface area is 99.0 Å². The van der Waals surface area contributed by atoms with Crippen molar-refractivity contribution in [2.75, 3.05) is 25.0 Å². The SMILES string of the molecule is O=C(COC1CCNCC1)Nc1nccnn1. The number of ether oxygens (including phenoxy) is 1. The summed E-state index contributed by atoms with van der Waals surface area (Å²) in [6.45, 7) is 1.92. The van der Waals surface area contributed by atoms with Gasteiger partial charge in [-0.1, -0.05) is 0 Å². The average molecular weight is 237 g/mol. The lowest BCUT2D eigenvalue weighted by Gasteiger charge is -2.22. The lowest BCUT2D eigenvalue weighted by molar-refractivity contribution is -0.123. The van der Waals surface area contributed by atoms with Gasteiger partial charge in [0.15, 0.2) is 0 Å². The fourth-order valence-electron chi connectivity index (χ4n) is 1.62. The van der Waals surface area contributed by atoms with E-state index in [1.54, 1.807) is 0 Å². The summed E-state index contributed by atoms with van der Waals surface area (Å²) >= 11 is 0.